The van der Waals surface area contributed by atoms with Crippen molar-refractivity contribution in [1.29, 1.82) is 0 Å². The van der Waals surface area contributed by atoms with Crippen LogP contribution >= 0.6 is 0 Å². The summed E-state index contributed by atoms with van der Waals surface area (Å²) in [6.07, 6.45) is 0. The van der Waals surface area contributed by atoms with Gasteiger partial charge in [0.15, 0.2) is 0 Å². The summed E-state index contributed by atoms with van der Waals surface area (Å²) < 4.78 is 21.1. The van der Waals surface area contributed by atoms with Gasteiger partial charge in [-0.1, -0.05) is 12.1 Å². The van der Waals surface area contributed by atoms with Crippen LogP contribution in [0, 0.1) is 0 Å². The molecule has 0 bridgehead atoms. The highest BCUT2D eigenvalue weighted by molar-refractivity contribution is 6.21. The van der Waals surface area contributed by atoms with E-state index in [1.165, 1.54) is 4.90 Å². The first-order valence-corrected chi connectivity index (χ1v) is 8.62. The van der Waals surface area contributed by atoms with Gasteiger partial charge in [0.25, 0.3) is 11.8 Å². The van der Waals surface area contributed by atoms with Gasteiger partial charge < -0.3 is 24.1 Å². The van der Waals surface area contributed by atoms with E-state index in [1.807, 2.05) is 0 Å². The van der Waals surface area contributed by atoms with Crippen LogP contribution < -0.4 is 0 Å². The number of hydrogen-bond acceptors (Lipinski definition) is 7. The summed E-state index contributed by atoms with van der Waals surface area (Å²) in [6, 6.07) is 6.80. The molecule has 2 rings (SSSR count). The Balaban J connectivity index is 1.46. The zero-order chi connectivity index (χ0) is 18.6. The van der Waals surface area contributed by atoms with E-state index < -0.39 is 0 Å². The molecular formula is C18H25NO7. The van der Waals surface area contributed by atoms with Crippen LogP contribution in [0.4, 0.5) is 0 Å². The van der Waals surface area contributed by atoms with Crippen LogP contribution in [-0.4, -0.2) is 87.8 Å². The average Bonchev–Trinajstić information content (AvgIpc) is 2.90. The molecule has 1 aromatic carbocycles. The fraction of sp³-hybridized carbons (Fsp3) is 0.556. The lowest BCUT2D eigenvalue weighted by molar-refractivity contribution is -0.00663. The SMILES string of the molecule is O=C1c2ccccc2C(=O)N1CCOCCOCCOCCOCCO. The largest absolute Gasteiger partial charge is 0.394 e. The van der Waals surface area contributed by atoms with Gasteiger partial charge in [-0.05, 0) is 12.1 Å². The number of imide groups is 1. The third kappa shape index (κ3) is 6.15. The Kier molecular flexibility index (Phi) is 9.22. The molecule has 0 spiro atoms. The summed E-state index contributed by atoms with van der Waals surface area (Å²) in [5.74, 6) is -0.545. The third-order valence-corrected chi connectivity index (χ3v) is 3.69. The zero-order valence-electron chi connectivity index (χ0n) is 14.7. The second kappa shape index (κ2) is 11.7. The normalized spacial score (nSPS) is 13.5. The highest BCUT2D eigenvalue weighted by atomic mass is 16.6. The molecule has 1 aliphatic heterocycles. The molecule has 26 heavy (non-hydrogen) atoms. The van der Waals surface area contributed by atoms with E-state index in [0.29, 0.717) is 57.4 Å². The summed E-state index contributed by atoms with van der Waals surface area (Å²) in [4.78, 5) is 25.5. The van der Waals surface area contributed by atoms with Gasteiger partial charge in [0, 0.05) is 0 Å². The van der Waals surface area contributed by atoms with Crippen molar-refractivity contribution in [3.63, 3.8) is 0 Å². The van der Waals surface area contributed by atoms with Crippen LogP contribution in [0.3, 0.4) is 0 Å². The van der Waals surface area contributed by atoms with Crippen molar-refractivity contribution in [2.24, 2.45) is 0 Å². The first kappa shape index (κ1) is 20.5. The van der Waals surface area contributed by atoms with Gasteiger partial charge in [0.2, 0.25) is 0 Å². The maximum Gasteiger partial charge on any atom is 0.261 e. The molecule has 0 aromatic heterocycles. The van der Waals surface area contributed by atoms with Gasteiger partial charge >= 0.3 is 0 Å². The van der Waals surface area contributed by atoms with Gasteiger partial charge in [0.1, 0.15) is 0 Å². The smallest absolute Gasteiger partial charge is 0.261 e. The first-order chi connectivity index (χ1) is 12.8. The van der Waals surface area contributed by atoms with Crippen LogP contribution in [0.25, 0.3) is 0 Å². The minimum absolute atomic E-state index is 0.0100. The van der Waals surface area contributed by atoms with Gasteiger partial charge in [-0.2, -0.15) is 0 Å². The lowest BCUT2D eigenvalue weighted by Crippen LogP contribution is -2.33. The van der Waals surface area contributed by atoms with E-state index in [-0.39, 0.29) is 31.6 Å². The van der Waals surface area contributed by atoms with Crippen molar-refractivity contribution in [3.8, 4) is 0 Å². The van der Waals surface area contributed by atoms with E-state index in [1.54, 1.807) is 24.3 Å². The number of nitrogens with zero attached hydrogens (tertiary/aromatic N) is 1. The minimum atomic E-state index is -0.273. The Morgan fingerprint density at radius 2 is 1.12 bits per heavy atom. The maximum atomic E-state index is 12.1. The minimum Gasteiger partial charge on any atom is -0.394 e. The van der Waals surface area contributed by atoms with Gasteiger partial charge in [-0.25, -0.2) is 0 Å². The number of fused-ring (bicyclic) bond motifs is 1. The number of hydrogen-bond donors (Lipinski definition) is 1. The molecule has 0 fully saturated rings. The van der Waals surface area contributed by atoms with E-state index in [2.05, 4.69) is 0 Å². The molecule has 1 heterocycles. The van der Waals surface area contributed by atoms with Crippen LogP contribution in [0.15, 0.2) is 24.3 Å². The van der Waals surface area contributed by atoms with Crippen LogP contribution in [-0.2, 0) is 18.9 Å². The van der Waals surface area contributed by atoms with E-state index in [0.717, 1.165) is 0 Å². The molecule has 144 valence electrons. The second-order valence-corrected chi connectivity index (χ2v) is 5.48. The summed E-state index contributed by atoms with van der Waals surface area (Å²) in [5.41, 5.74) is 0.894. The average molecular weight is 367 g/mol. The predicted molar refractivity (Wildman–Crippen MR) is 92.2 cm³/mol. The lowest BCUT2D eigenvalue weighted by Gasteiger charge is -2.13. The molecule has 0 saturated heterocycles. The number of aliphatic hydroxyl groups excluding tert-OH is 1. The summed E-state index contributed by atoms with van der Waals surface area (Å²) >= 11 is 0. The molecule has 0 aliphatic carbocycles. The Hall–Kier alpha value is -1.84. The molecule has 1 aliphatic rings. The molecule has 2 amide bonds. The fourth-order valence-corrected chi connectivity index (χ4v) is 2.42. The second-order valence-electron chi connectivity index (χ2n) is 5.48. The summed E-state index contributed by atoms with van der Waals surface area (Å²) in [6.45, 7) is 3.42. The number of carbonyl (C=O) groups excluding carboxylic acids is 2. The quantitative estimate of drug-likeness (QED) is 0.374. The Morgan fingerprint density at radius 3 is 1.58 bits per heavy atom. The summed E-state index contributed by atoms with van der Waals surface area (Å²) in [7, 11) is 0. The number of benzene rings is 1. The number of rotatable bonds is 14. The Labute approximate surface area is 152 Å². The van der Waals surface area contributed by atoms with Crippen LogP contribution in [0.5, 0.6) is 0 Å². The van der Waals surface area contributed by atoms with Gasteiger partial charge in [-0.15, -0.1) is 0 Å². The highest BCUT2D eigenvalue weighted by Crippen LogP contribution is 2.21. The first-order valence-electron chi connectivity index (χ1n) is 8.62. The fourth-order valence-electron chi connectivity index (χ4n) is 2.42. The molecule has 8 nitrogen and oxygen atoms in total. The zero-order valence-corrected chi connectivity index (χ0v) is 14.7. The molecule has 8 heteroatoms. The summed E-state index contributed by atoms with van der Waals surface area (Å²) in [5, 5.41) is 8.52. The van der Waals surface area contributed by atoms with E-state index >= 15 is 0 Å². The number of amides is 2. The topological polar surface area (TPSA) is 94.5 Å². The van der Waals surface area contributed by atoms with E-state index in [9.17, 15) is 9.59 Å². The number of aliphatic hydroxyl groups is 1. The van der Waals surface area contributed by atoms with Crippen molar-refractivity contribution in [2.75, 3.05) is 66.0 Å². The molecule has 0 saturated carbocycles. The van der Waals surface area contributed by atoms with Crippen molar-refractivity contribution in [2.45, 2.75) is 0 Å². The predicted octanol–water partition coefficient (Wildman–Crippen LogP) is 0.341. The molecule has 0 unspecified atom stereocenters. The molecular weight excluding hydrogens is 342 g/mol. The molecule has 0 atom stereocenters. The van der Waals surface area contributed by atoms with Crippen LogP contribution in [0.2, 0.25) is 0 Å². The number of ether oxygens (including phenoxy) is 4. The molecule has 1 aromatic rings. The number of carbonyl (C=O) groups is 2. The maximum absolute atomic E-state index is 12.1. The van der Waals surface area contributed by atoms with Crippen molar-refractivity contribution < 1.29 is 33.6 Å². The van der Waals surface area contributed by atoms with Gasteiger partial charge in [0.05, 0.1) is 77.1 Å². The Bertz CT molecular complexity index is 543. The van der Waals surface area contributed by atoms with E-state index in [4.69, 9.17) is 24.1 Å². The monoisotopic (exact) mass is 367 g/mol. The van der Waals surface area contributed by atoms with Gasteiger partial charge in [-0.3, -0.25) is 14.5 Å². The van der Waals surface area contributed by atoms with Crippen molar-refractivity contribution in [1.82, 2.24) is 4.90 Å². The molecule has 0 radical (unpaired) electrons. The molecule has 1 N–H and O–H groups in total. The standard InChI is InChI=1S/C18H25NO7/c20-6-8-24-10-12-26-14-13-25-11-9-23-7-5-19-17(21)15-3-1-2-4-16(15)18(19)22/h1-4,20H,5-14H2. The van der Waals surface area contributed by atoms with Crippen molar-refractivity contribution in [3.05, 3.63) is 35.4 Å². The Morgan fingerprint density at radius 1 is 0.692 bits per heavy atom. The van der Waals surface area contributed by atoms with Crippen molar-refractivity contribution >= 4 is 11.8 Å². The highest BCUT2D eigenvalue weighted by Gasteiger charge is 2.34. The van der Waals surface area contributed by atoms with Crippen LogP contribution in [0.1, 0.15) is 20.7 Å². The lowest BCUT2D eigenvalue weighted by atomic mass is 10.1. The third-order valence-electron chi connectivity index (χ3n) is 3.69.